The van der Waals surface area contributed by atoms with E-state index in [1.807, 2.05) is 45.0 Å². The van der Waals surface area contributed by atoms with Gasteiger partial charge in [0.25, 0.3) is 0 Å². The molecule has 2 heterocycles. The van der Waals surface area contributed by atoms with Crippen molar-refractivity contribution in [3.63, 3.8) is 0 Å². The van der Waals surface area contributed by atoms with Gasteiger partial charge >= 0.3 is 5.97 Å². The van der Waals surface area contributed by atoms with Crippen LogP contribution in [0.3, 0.4) is 0 Å². The summed E-state index contributed by atoms with van der Waals surface area (Å²) in [4.78, 5) is 32.0. The molecule has 0 bridgehead atoms. The van der Waals surface area contributed by atoms with E-state index in [0.717, 1.165) is 60.6 Å². The number of ketones is 1. The van der Waals surface area contributed by atoms with E-state index >= 15 is 0 Å². The molecule has 0 spiro atoms. The molecule has 0 saturated heterocycles. The monoisotopic (exact) mass is 629 g/mol. The fourth-order valence-corrected chi connectivity index (χ4v) is 4.17. The van der Waals surface area contributed by atoms with Crippen LogP contribution in [0.4, 0.5) is 0 Å². The SMILES string of the molecule is C=CC.C=c1c(=C)n(CCCCCc2cc(COCCC(=O)O)on2)c2ccccc12.CC.NC(=O)/C=C/C(=O)c1ccccc1. The van der Waals surface area contributed by atoms with E-state index in [4.69, 9.17) is 20.1 Å². The summed E-state index contributed by atoms with van der Waals surface area (Å²) >= 11 is 0. The number of carbonyl (C=O) groups is 3. The molecule has 4 aromatic rings. The number of ether oxygens (including phenoxy) is 1. The van der Waals surface area contributed by atoms with E-state index in [2.05, 4.69) is 41.6 Å². The van der Waals surface area contributed by atoms with Crippen LogP contribution in [0, 0.1) is 0 Å². The summed E-state index contributed by atoms with van der Waals surface area (Å²) in [5.41, 5.74) is 7.48. The molecule has 0 aliphatic heterocycles. The first-order valence-electron chi connectivity index (χ1n) is 15.3. The van der Waals surface area contributed by atoms with Crippen molar-refractivity contribution >= 4 is 41.7 Å². The Balaban J connectivity index is 0.000000490. The molecule has 3 N–H and O–H groups in total. The molecule has 46 heavy (non-hydrogen) atoms. The molecule has 4 rings (SSSR count). The third-order valence-corrected chi connectivity index (χ3v) is 6.28. The Kier molecular flexibility index (Phi) is 19.1. The van der Waals surface area contributed by atoms with Crippen molar-refractivity contribution in [1.82, 2.24) is 9.72 Å². The van der Waals surface area contributed by atoms with E-state index in [1.165, 1.54) is 10.9 Å². The molecule has 246 valence electrons. The zero-order chi connectivity index (χ0) is 34.3. The molecule has 0 aliphatic carbocycles. The normalized spacial score (nSPS) is 10.2. The predicted octanol–water partition coefficient (Wildman–Crippen LogP) is 5.98. The number of primary amides is 1. The number of aromatic nitrogens is 2. The number of benzene rings is 2. The number of carboxylic acid groups (broad SMARTS) is 1. The van der Waals surface area contributed by atoms with E-state index in [9.17, 15) is 14.4 Å². The summed E-state index contributed by atoms with van der Waals surface area (Å²) < 4.78 is 12.7. The summed E-state index contributed by atoms with van der Waals surface area (Å²) in [6.07, 6.45) is 7.96. The van der Waals surface area contributed by atoms with Gasteiger partial charge in [-0.1, -0.05) is 93.2 Å². The smallest absolute Gasteiger partial charge is 0.305 e. The molecule has 0 aliphatic rings. The number of hydrogen-bond acceptors (Lipinski definition) is 6. The Morgan fingerprint density at radius 1 is 1.00 bits per heavy atom. The second kappa shape index (κ2) is 22.5. The maximum absolute atomic E-state index is 11.3. The number of nitrogens with two attached hydrogens (primary N) is 1. The molecule has 0 saturated carbocycles. The highest BCUT2D eigenvalue weighted by molar-refractivity contribution is 6.07. The van der Waals surface area contributed by atoms with Gasteiger partial charge in [-0.15, -0.1) is 6.58 Å². The van der Waals surface area contributed by atoms with Crippen molar-refractivity contribution in [3.05, 3.63) is 113 Å². The van der Waals surface area contributed by atoms with Crippen LogP contribution in [-0.4, -0.2) is 39.1 Å². The number of aryl methyl sites for hydroxylation is 2. The highest BCUT2D eigenvalue weighted by atomic mass is 16.5. The topological polar surface area (TPSA) is 138 Å². The lowest BCUT2D eigenvalue weighted by Crippen LogP contribution is -2.26. The minimum atomic E-state index is -0.872. The number of unbranched alkanes of at least 4 members (excludes halogenated alkanes) is 2. The second-order valence-corrected chi connectivity index (χ2v) is 9.76. The molecule has 2 aromatic heterocycles. The fourth-order valence-electron chi connectivity index (χ4n) is 4.17. The molecule has 0 atom stereocenters. The number of carbonyl (C=O) groups excluding carboxylic acids is 2. The minimum absolute atomic E-state index is 0.0117. The summed E-state index contributed by atoms with van der Waals surface area (Å²) in [5.74, 6) is -1.09. The molecular formula is C37H47N3O6. The van der Waals surface area contributed by atoms with Gasteiger partial charge in [-0.25, -0.2) is 0 Å². The van der Waals surface area contributed by atoms with Gasteiger partial charge in [0.15, 0.2) is 11.5 Å². The van der Waals surface area contributed by atoms with E-state index in [0.29, 0.717) is 11.3 Å². The second-order valence-electron chi connectivity index (χ2n) is 9.76. The van der Waals surface area contributed by atoms with Crippen LogP contribution in [0.2, 0.25) is 0 Å². The molecule has 9 nitrogen and oxygen atoms in total. The third-order valence-electron chi connectivity index (χ3n) is 6.28. The number of hydrogen-bond donors (Lipinski definition) is 2. The molecule has 1 amide bonds. The number of rotatable bonds is 14. The summed E-state index contributed by atoms with van der Waals surface area (Å²) in [6, 6.07) is 18.8. The first-order valence-corrected chi connectivity index (χ1v) is 15.3. The van der Waals surface area contributed by atoms with Gasteiger partial charge in [-0.05, 0) is 43.5 Å². The van der Waals surface area contributed by atoms with Crippen molar-refractivity contribution in [2.45, 2.75) is 66.0 Å². The summed E-state index contributed by atoms with van der Waals surface area (Å²) in [6.45, 7) is 18.9. The molecule has 0 unspecified atom stereocenters. The van der Waals surface area contributed by atoms with Crippen LogP contribution in [0.5, 0.6) is 0 Å². The largest absolute Gasteiger partial charge is 0.481 e. The van der Waals surface area contributed by atoms with Gasteiger partial charge in [0.05, 0.1) is 18.7 Å². The van der Waals surface area contributed by atoms with Crippen molar-refractivity contribution in [1.29, 1.82) is 0 Å². The van der Waals surface area contributed by atoms with Crippen LogP contribution in [0.25, 0.3) is 24.1 Å². The fraction of sp³-hybridized carbons (Fsp3) is 0.297. The zero-order valence-electron chi connectivity index (χ0n) is 27.2. The van der Waals surface area contributed by atoms with Gasteiger partial charge in [-0.2, -0.15) is 0 Å². The molecular weight excluding hydrogens is 582 g/mol. The number of nitrogens with zero attached hydrogens (tertiary/aromatic N) is 2. The van der Waals surface area contributed by atoms with Crippen LogP contribution in [0.15, 0.2) is 90.0 Å². The van der Waals surface area contributed by atoms with Crippen molar-refractivity contribution in [3.8, 4) is 0 Å². The van der Waals surface area contributed by atoms with Gasteiger partial charge in [0.2, 0.25) is 5.91 Å². The van der Waals surface area contributed by atoms with E-state index in [1.54, 1.807) is 30.3 Å². The maximum atomic E-state index is 11.3. The number of fused-ring (bicyclic) bond motifs is 1. The van der Waals surface area contributed by atoms with E-state index in [-0.39, 0.29) is 25.4 Å². The van der Waals surface area contributed by atoms with E-state index < -0.39 is 11.9 Å². The first-order chi connectivity index (χ1) is 22.2. The molecule has 2 aromatic carbocycles. The summed E-state index contributed by atoms with van der Waals surface area (Å²) in [7, 11) is 0. The van der Waals surface area contributed by atoms with Crippen LogP contribution < -0.4 is 16.3 Å². The highest BCUT2D eigenvalue weighted by Gasteiger charge is 2.07. The Hall–Kier alpha value is -5.02. The minimum Gasteiger partial charge on any atom is -0.481 e. The van der Waals surface area contributed by atoms with Gasteiger partial charge in [0, 0.05) is 40.5 Å². The van der Waals surface area contributed by atoms with Crippen molar-refractivity contribution in [2.24, 2.45) is 5.73 Å². The molecule has 0 radical (unpaired) electrons. The first kappa shape index (κ1) is 39.0. The Morgan fingerprint density at radius 2 is 1.65 bits per heavy atom. The number of aliphatic carboxylic acids is 1. The highest BCUT2D eigenvalue weighted by Crippen LogP contribution is 2.12. The Bertz CT molecular complexity index is 1640. The lowest BCUT2D eigenvalue weighted by atomic mass is 10.1. The standard InChI is InChI=1S/C22H26N2O4.C10H9NO2.C3H6.C2H6/c1-16-17(2)24(21-10-6-5-9-20(16)21)12-7-3-4-8-18-14-19(28-23-18)15-27-13-11-22(25)26;11-10(13)7-6-9(12)8-4-2-1-3-5-8;1-3-2;1-2/h5-6,9-10,14H,1-4,7-8,11-13,15H2,(H,25,26);1-7H,(H2,11,13);3H,1H2,2H3;1-2H3/b;7-6+;;. The van der Waals surface area contributed by atoms with Crippen LogP contribution >= 0.6 is 0 Å². The summed E-state index contributed by atoms with van der Waals surface area (Å²) in [5, 5.41) is 15.8. The number of carboxylic acids is 1. The van der Waals surface area contributed by atoms with Crippen molar-refractivity contribution in [2.75, 3.05) is 6.61 Å². The lowest BCUT2D eigenvalue weighted by molar-refractivity contribution is -0.138. The number of para-hydroxylation sites is 1. The zero-order valence-corrected chi connectivity index (χ0v) is 27.2. The predicted molar refractivity (Wildman–Crippen MR) is 185 cm³/mol. The van der Waals surface area contributed by atoms with Crippen LogP contribution in [-0.2, 0) is 33.9 Å². The Labute approximate surface area is 271 Å². The third kappa shape index (κ3) is 14.2. The lowest BCUT2D eigenvalue weighted by Gasteiger charge is -2.05. The van der Waals surface area contributed by atoms with Gasteiger partial charge in [-0.3, -0.25) is 14.4 Å². The average molecular weight is 630 g/mol. The van der Waals surface area contributed by atoms with Crippen LogP contribution in [0.1, 0.15) is 68.3 Å². The van der Waals surface area contributed by atoms with Gasteiger partial charge in [0.1, 0.15) is 6.61 Å². The maximum Gasteiger partial charge on any atom is 0.305 e. The van der Waals surface area contributed by atoms with Gasteiger partial charge < -0.3 is 24.7 Å². The van der Waals surface area contributed by atoms with Crippen molar-refractivity contribution < 1.29 is 28.8 Å². The molecule has 0 fully saturated rings. The number of allylic oxidation sites excluding steroid dienone is 2. The quantitative estimate of drug-likeness (QED) is 0.0757. The number of amides is 1. The average Bonchev–Trinajstić information content (AvgIpc) is 3.61. The molecule has 9 heteroatoms. The Morgan fingerprint density at radius 3 is 2.30 bits per heavy atom.